The monoisotopic (exact) mass is 573 g/mol. The molecule has 1 N–H and O–H groups in total. The molecule has 0 heterocycles. The van der Waals surface area contributed by atoms with Gasteiger partial charge in [0.25, 0.3) is 10.0 Å². The summed E-state index contributed by atoms with van der Waals surface area (Å²) in [6.07, 6.45) is 0. The van der Waals surface area contributed by atoms with E-state index in [1.54, 1.807) is 64.1 Å². The molecule has 2 amide bonds. The van der Waals surface area contributed by atoms with Gasteiger partial charge in [0.2, 0.25) is 11.8 Å². The van der Waals surface area contributed by atoms with Crippen LogP contribution < -0.4 is 9.62 Å². The molecular formula is C29H33ClFN3O4S. The van der Waals surface area contributed by atoms with Crippen molar-refractivity contribution in [2.24, 2.45) is 0 Å². The van der Waals surface area contributed by atoms with E-state index in [0.29, 0.717) is 5.56 Å². The summed E-state index contributed by atoms with van der Waals surface area (Å²) >= 11 is 6.22. The molecule has 0 aliphatic heterocycles. The van der Waals surface area contributed by atoms with Gasteiger partial charge in [-0.05, 0) is 70.5 Å². The van der Waals surface area contributed by atoms with E-state index in [1.165, 1.54) is 48.2 Å². The molecule has 0 aliphatic rings. The van der Waals surface area contributed by atoms with Crippen LogP contribution in [0.1, 0.15) is 38.8 Å². The molecule has 3 aromatic carbocycles. The highest BCUT2D eigenvalue weighted by molar-refractivity contribution is 7.92. The molecule has 1 atom stereocenters. The van der Waals surface area contributed by atoms with Crippen molar-refractivity contribution in [2.45, 2.75) is 57.6 Å². The van der Waals surface area contributed by atoms with Crippen LogP contribution in [0.4, 0.5) is 10.1 Å². The predicted octanol–water partition coefficient (Wildman–Crippen LogP) is 5.31. The van der Waals surface area contributed by atoms with E-state index in [9.17, 15) is 22.4 Å². The molecule has 0 unspecified atom stereocenters. The summed E-state index contributed by atoms with van der Waals surface area (Å²) in [5.74, 6) is -1.68. The first-order valence-corrected chi connectivity index (χ1v) is 14.2. The van der Waals surface area contributed by atoms with Crippen LogP contribution in [-0.4, -0.2) is 43.3 Å². The van der Waals surface area contributed by atoms with Crippen LogP contribution in [0.5, 0.6) is 0 Å². The Hall–Kier alpha value is -3.43. The number of nitrogens with zero attached hydrogens (tertiary/aromatic N) is 2. The zero-order chi connectivity index (χ0) is 29.0. The number of halogens is 2. The van der Waals surface area contributed by atoms with E-state index in [2.05, 4.69) is 5.32 Å². The summed E-state index contributed by atoms with van der Waals surface area (Å²) in [4.78, 5) is 28.2. The van der Waals surface area contributed by atoms with Crippen LogP contribution >= 0.6 is 11.6 Å². The molecule has 39 heavy (non-hydrogen) atoms. The van der Waals surface area contributed by atoms with Gasteiger partial charge < -0.3 is 10.2 Å². The smallest absolute Gasteiger partial charge is 0.264 e. The van der Waals surface area contributed by atoms with Gasteiger partial charge in [0.05, 0.1) is 10.6 Å². The highest BCUT2D eigenvalue weighted by Crippen LogP contribution is 2.30. The number of anilines is 1. The minimum absolute atomic E-state index is 0.0173. The summed E-state index contributed by atoms with van der Waals surface area (Å²) in [6.45, 7) is 7.77. The molecule has 0 radical (unpaired) electrons. The normalized spacial score (nSPS) is 12.5. The Kier molecular flexibility index (Phi) is 9.40. The van der Waals surface area contributed by atoms with Crippen molar-refractivity contribution in [3.63, 3.8) is 0 Å². The molecule has 0 spiro atoms. The summed E-state index contributed by atoms with van der Waals surface area (Å²) in [7, 11) is -4.23. The maximum Gasteiger partial charge on any atom is 0.264 e. The summed E-state index contributed by atoms with van der Waals surface area (Å²) in [5, 5.41) is 3.13. The maximum atomic E-state index is 14.6. The van der Waals surface area contributed by atoms with Crippen LogP contribution in [-0.2, 0) is 26.2 Å². The predicted molar refractivity (Wildman–Crippen MR) is 151 cm³/mol. The van der Waals surface area contributed by atoms with E-state index in [0.717, 1.165) is 4.31 Å². The van der Waals surface area contributed by atoms with Crippen molar-refractivity contribution in [2.75, 3.05) is 10.8 Å². The van der Waals surface area contributed by atoms with Crippen LogP contribution in [0.25, 0.3) is 0 Å². The second-order valence-corrected chi connectivity index (χ2v) is 12.6. The molecule has 0 aliphatic carbocycles. The molecule has 7 nitrogen and oxygen atoms in total. The lowest BCUT2D eigenvalue weighted by molar-refractivity contribution is -0.140. The second kappa shape index (κ2) is 12.2. The summed E-state index contributed by atoms with van der Waals surface area (Å²) in [6, 6.07) is 17.4. The third-order valence-corrected chi connectivity index (χ3v) is 8.02. The van der Waals surface area contributed by atoms with E-state index in [4.69, 9.17) is 11.6 Å². The van der Waals surface area contributed by atoms with Crippen molar-refractivity contribution in [3.05, 3.63) is 94.8 Å². The topological polar surface area (TPSA) is 86.8 Å². The second-order valence-electron chi connectivity index (χ2n) is 10.3. The van der Waals surface area contributed by atoms with Crippen molar-refractivity contribution < 1.29 is 22.4 Å². The van der Waals surface area contributed by atoms with E-state index >= 15 is 0 Å². The Morgan fingerprint density at radius 1 is 1.00 bits per heavy atom. The van der Waals surface area contributed by atoms with E-state index in [-0.39, 0.29) is 27.7 Å². The fourth-order valence-corrected chi connectivity index (χ4v) is 5.61. The molecule has 0 aromatic heterocycles. The van der Waals surface area contributed by atoms with E-state index < -0.39 is 45.8 Å². The fraction of sp³-hybridized carbons (Fsp3) is 0.310. The molecule has 10 heteroatoms. The lowest BCUT2D eigenvalue weighted by Crippen LogP contribution is -2.54. The van der Waals surface area contributed by atoms with Gasteiger partial charge in [-0.3, -0.25) is 13.9 Å². The first-order valence-electron chi connectivity index (χ1n) is 12.4. The Morgan fingerprint density at radius 3 is 2.23 bits per heavy atom. The third kappa shape index (κ3) is 7.58. The molecule has 0 saturated heterocycles. The molecule has 0 bridgehead atoms. The summed E-state index contributed by atoms with van der Waals surface area (Å²) in [5.41, 5.74) is 0.402. The van der Waals surface area contributed by atoms with E-state index in [1.807, 2.05) is 0 Å². The van der Waals surface area contributed by atoms with Gasteiger partial charge >= 0.3 is 0 Å². The number of aryl methyl sites for hydroxylation is 1. The van der Waals surface area contributed by atoms with Gasteiger partial charge in [-0.2, -0.15) is 0 Å². The van der Waals surface area contributed by atoms with Crippen molar-refractivity contribution in [1.29, 1.82) is 0 Å². The number of benzene rings is 3. The molecule has 3 rings (SSSR count). The van der Waals surface area contributed by atoms with Gasteiger partial charge in [0.15, 0.2) is 0 Å². The lowest BCUT2D eigenvalue weighted by atomic mass is 10.1. The quantitative estimate of drug-likeness (QED) is 0.376. The first-order chi connectivity index (χ1) is 18.2. The number of amides is 2. The minimum atomic E-state index is -4.23. The largest absolute Gasteiger partial charge is 0.350 e. The molecule has 208 valence electrons. The average Bonchev–Trinajstić information content (AvgIpc) is 2.87. The Bertz CT molecular complexity index is 1440. The molecule has 3 aromatic rings. The standard InChI is InChI=1S/C29H33ClFN3O4S/c1-20-15-16-23(30)17-26(20)34(39(37,38)24-12-7-6-8-13-24)19-27(35)33(18-22-11-9-10-14-25(22)31)21(2)28(36)32-29(3,4)5/h6-17,21H,18-19H2,1-5H3,(H,32,36)/t21-/m0/s1. The maximum absolute atomic E-state index is 14.6. The molecule has 0 saturated carbocycles. The van der Waals surface area contributed by atoms with Crippen molar-refractivity contribution in [1.82, 2.24) is 10.2 Å². The van der Waals surface area contributed by atoms with Crippen LogP contribution in [0.3, 0.4) is 0 Å². The van der Waals surface area contributed by atoms with Crippen molar-refractivity contribution >= 4 is 39.1 Å². The minimum Gasteiger partial charge on any atom is -0.350 e. The number of hydrogen-bond donors (Lipinski definition) is 1. The number of rotatable bonds is 9. The third-order valence-electron chi connectivity index (χ3n) is 6.01. The highest BCUT2D eigenvalue weighted by Gasteiger charge is 2.34. The number of carbonyl (C=O) groups is 2. The van der Waals surface area contributed by atoms with Gasteiger partial charge in [-0.1, -0.05) is 54.1 Å². The van der Waals surface area contributed by atoms with Gasteiger partial charge in [0.1, 0.15) is 18.4 Å². The zero-order valence-electron chi connectivity index (χ0n) is 22.6. The Morgan fingerprint density at radius 2 is 1.62 bits per heavy atom. The Balaban J connectivity index is 2.08. The van der Waals surface area contributed by atoms with Crippen LogP contribution in [0.2, 0.25) is 5.02 Å². The number of nitrogens with one attached hydrogen (secondary N) is 1. The van der Waals surface area contributed by atoms with Gasteiger partial charge in [0, 0.05) is 22.7 Å². The Labute approximate surface area is 234 Å². The SMILES string of the molecule is Cc1ccc(Cl)cc1N(CC(=O)N(Cc1ccccc1F)[C@@H](C)C(=O)NC(C)(C)C)S(=O)(=O)c1ccccc1. The first kappa shape index (κ1) is 30.1. The highest BCUT2D eigenvalue weighted by atomic mass is 35.5. The van der Waals surface area contributed by atoms with Gasteiger partial charge in [-0.25, -0.2) is 12.8 Å². The molecular weight excluding hydrogens is 541 g/mol. The number of carbonyl (C=O) groups excluding carboxylic acids is 2. The fourth-order valence-electron chi connectivity index (χ4n) is 3.95. The average molecular weight is 574 g/mol. The van der Waals surface area contributed by atoms with Crippen LogP contribution in [0, 0.1) is 12.7 Å². The number of hydrogen-bond acceptors (Lipinski definition) is 4. The lowest BCUT2D eigenvalue weighted by Gasteiger charge is -2.34. The summed E-state index contributed by atoms with van der Waals surface area (Å²) < 4.78 is 43.3. The number of sulfonamides is 1. The van der Waals surface area contributed by atoms with Crippen molar-refractivity contribution in [3.8, 4) is 0 Å². The molecule has 0 fully saturated rings. The van der Waals surface area contributed by atoms with Gasteiger partial charge in [-0.15, -0.1) is 0 Å². The zero-order valence-corrected chi connectivity index (χ0v) is 24.2. The van der Waals surface area contributed by atoms with Crippen LogP contribution in [0.15, 0.2) is 77.7 Å².